The van der Waals surface area contributed by atoms with Gasteiger partial charge in [0.05, 0.1) is 6.20 Å². The third-order valence-corrected chi connectivity index (χ3v) is 4.43. The van der Waals surface area contributed by atoms with E-state index in [4.69, 9.17) is 0 Å². The smallest absolute Gasteiger partial charge is 0.319 e. The number of aromatic amines is 1. The average Bonchev–Trinajstić information content (AvgIpc) is 3.04. The lowest BCUT2D eigenvalue weighted by molar-refractivity contribution is 0.0955. The van der Waals surface area contributed by atoms with E-state index in [1.165, 1.54) is 5.56 Å². The normalized spacial score (nSPS) is 16.0. The lowest BCUT2D eigenvalue weighted by Crippen LogP contribution is -2.41. The third kappa shape index (κ3) is 3.99. The van der Waals surface area contributed by atoms with Crippen LogP contribution in [0, 0.1) is 6.92 Å². The summed E-state index contributed by atoms with van der Waals surface area (Å²) in [5.41, 5.74) is 4.46. The van der Waals surface area contributed by atoms with Gasteiger partial charge in [-0.25, -0.2) is 4.79 Å². The zero-order valence-corrected chi connectivity index (χ0v) is 14.5. The van der Waals surface area contributed by atoms with Crippen LogP contribution < -0.4 is 16.0 Å². The van der Waals surface area contributed by atoms with E-state index in [1.54, 1.807) is 18.2 Å². The number of aryl methyl sites for hydroxylation is 2. The lowest BCUT2D eigenvalue weighted by atomic mass is 9.94. The number of nitrogens with one attached hydrogen (secondary N) is 4. The van der Waals surface area contributed by atoms with E-state index in [2.05, 4.69) is 26.1 Å². The Balaban J connectivity index is 1.59. The summed E-state index contributed by atoms with van der Waals surface area (Å²) >= 11 is 0. The van der Waals surface area contributed by atoms with Crippen molar-refractivity contribution in [2.45, 2.75) is 39.2 Å². The van der Waals surface area contributed by atoms with E-state index in [0.717, 1.165) is 30.5 Å². The van der Waals surface area contributed by atoms with Crippen molar-refractivity contribution in [3.63, 3.8) is 0 Å². The molecule has 0 unspecified atom stereocenters. The second kappa shape index (κ2) is 7.38. The molecule has 1 aliphatic rings. The Morgan fingerprint density at radius 1 is 1.36 bits per heavy atom. The molecule has 0 radical (unpaired) electrons. The van der Waals surface area contributed by atoms with Crippen LogP contribution in [-0.2, 0) is 12.8 Å². The SMILES string of the molecule is CCNC(=O)c1ccc(NC(=O)N[C@@H]2CCc3cn[nH]c3C2)c(C)c1. The molecule has 7 heteroatoms. The van der Waals surface area contributed by atoms with Crippen LogP contribution in [-0.4, -0.2) is 34.7 Å². The molecule has 1 atom stereocenters. The van der Waals surface area contributed by atoms with Crippen molar-refractivity contribution >= 4 is 17.6 Å². The molecular weight excluding hydrogens is 318 g/mol. The van der Waals surface area contributed by atoms with E-state index < -0.39 is 0 Å². The number of anilines is 1. The van der Waals surface area contributed by atoms with Gasteiger partial charge in [-0.1, -0.05) is 0 Å². The first-order valence-electron chi connectivity index (χ1n) is 8.54. The summed E-state index contributed by atoms with van der Waals surface area (Å²) in [6.07, 6.45) is 4.43. The van der Waals surface area contributed by atoms with Crippen molar-refractivity contribution in [1.29, 1.82) is 0 Å². The summed E-state index contributed by atoms with van der Waals surface area (Å²) in [4.78, 5) is 24.1. The number of hydrogen-bond donors (Lipinski definition) is 4. The first-order valence-corrected chi connectivity index (χ1v) is 8.54. The number of aromatic nitrogens is 2. The highest BCUT2D eigenvalue weighted by atomic mass is 16.2. The second-order valence-corrected chi connectivity index (χ2v) is 6.30. The Morgan fingerprint density at radius 3 is 2.96 bits per heavy atom. The maximum Gasteiger partial charge on any atom is 0.319 e. The van der Waals surface area contributed by atoms with Gasteiger partial charge in [0.15, 0.2) is 0 Å². The number of benzene rings is 1. The fourth-order valence-electron chi connectivity index (χ4n) is 3.08. The summed E-state index contributed by atoms with van der Waals surface area (Å²) < 4.78 is 0. The molecule has 2 aromatic rings. The maximum absolute atomic E-state index is 12.3. The van der Waals surface area contributed by atoms with Crippen LogP contribution in [0.5, 0.6) is 0 Å². The minimum Gasteiger partial charge on any atom is -0.352 e. The number of fused-ring (bicyclic) bond motifs is 1. The maximum atomic E-state index is 12.3. The molecule has 0 spiro atoms. The van der Waals surface area contributed by atoms with Crippen molar-refractivity contribution in [2.75, 3.05) is 11.9 Å². The Kier molecular flexibility index (Phi) is 5.02. The zero-order valence-electron chi connectivity index (χ0n) is 14.5. The van der Waals surface area contributed by atoms with Gasteiger partial charge in [-0.2, -0.15) is 5.10 Å². The lowest BCUT2D eigenvalue weighted by Gasteiger charge is -2.23. The average molecular weight is 341 g/mol. The number of carbonyl (C=O) groups excluding carboxylic acids is 2. The minimum absolute atomic E-state index is 0.0860. The van der Waals surface area contributed by atoms with Gasteiger partial charge in [0.1, 0.15) is 0 Å². The molecular formula is C18H23N5O2. The Hall–Kier alpha value is -2.83. The van der Waals surface area contributed by atoms with Crippen molar-refractivity contribution in [3.05, 3.63) is 46.8 Å². The monoisotopic (exact) mass is 341 g/mol. The number of nitrogens with zero attached hydrogens (tertiary/aromatic N) is 1. The van der Waals surface area contributed by atoms with Crippen LogP contribution in [0.1, 0.15) is 40.5 Å². The van der Waals surface area contributed by atoms with Crippen molar-refractivity contribution in [3.8, 4) is 0 Å². The van der Waals surface area contributed by atoms with E-state index >= 15 is 0 Å². The van der Waals surface area contributed by atoms with Crippen LogP contribution in [0.4, 0.5) is 10.5 Å². The van der Waals surface area contributed by atoms with Crippen LogP contribution in [0.3, 0.4) is 0 Å². The first-order chi connectivity index (χ1) is 12.1. The second-order valence-electron chi connectivity index (χ2n) is 6.30. The highest BCUT2D eigenvalue weighted by Gasteiger charge is 2.21. The summed E-state index contributed by atoms with van der Waals surface area (Å²) in [6.45, 7) is 4.33. The number of H-pyrrole nitrogens is 1. The molecule has 0 aliphatic heterocycles. The van der Waals surface area contributed by atoms with Gasteiger partial charge < -0.3 is 16.0 Å². The predicted octanol–water partition coefficient (Wildman–Crippen LogP) is 2.15. The summed E-state index contributed by atoms with van der Waals surface area (Å²) in [5, 5.41) is 15.7. The van der Waals surface area contributed by atoms with Gasteiger partial charge in [0.2, 0.25) is 0 Å². The molecule has 132 valence electrons. The van der Waals surface area contributed by atoms with Crippen LogP contribution in [0.25, 0.3) is 0 Å². The zero-order chi connectivity index (χ0) is 17.8. The molecule has 1 aromatic heterocycles. The molecule has 0 fully saturated rings. The number of hydrogen-bond acceptors (Lipinski definition) is 3. The van der Waals surface area contributed by atoms with Gasteiger partial charge in [0.25, 0.3) is 5.91 Å². The Bertz CT molecular complexity index is 784. The van der Waals surface area contributed by atoms with E-state index in [1.807, 2.05) is 20.0 Å². The van der Waals surface area contributed by atoms with Crippen LogP contribution in [0.15, 0.2) is 24.4 Å². The fraction of sp³-hybridized carbons (Fsp3) is 0.389. The van der Waals surface area contributed by atoms with Gasteiger partial charge in [-0.3, -0.25) is 9.89 Å². The molecule has 1 aliphatic carbocycles. The molecule has 3 amide bonds. The molecule has 7 nitrogen and oxygen atoms in total. The van der Waals surface area contributed by atoms with Gasteiger partial charge in [-0.15, -0.1) is 0 Å². The van der Waals surface area contributed by atoms with Gasteiger partial charge in [-0.05, 0) is 56.0 Å². The van der Waals surface area contributed by atoms with Crippen LogP contribution >= 0.6 is 0 Å². The number of amides is 3. The number of urea groups is 1. The fourth-order valence-corrected chi connectivity index (χ4v) is 3.08. The van der Waals surface area contributed by atoms with Crippen molar-refractivity contribution < 1.29 is 9.59 Å². The van der Waals surface area contributed by atoms with E-state index in [0.29, 0.717) is 17.8 Å². The predicted molar refractivity (Wildman–Crippen MR) is 95.7 cm³/mol. The van der Waals surface area contributed by atoms with Crippen molar-refractivity contribution in [2.24, 2.45) is 0 Å². The first kappa shape index (κ1) is 17.0. The molecule has 25 heavy (non-hydrogen) atoms. The van der Waals surface area contributed by atoms with Crippen molar-refractivity contribution in [1.82, 2.24) is 20.8 Å². The van der Waals surface area contributed by atoms with Crippen LogP contribution in [0.2, 0.25) is 0 Å². The molecule has 0 saturated carbocycles. The summed E-state index contributed by atoms with van der Waals surface area (Å²) in [7, 11) is 0. The molecule has 3 rings (SSSR count). The Labute approximate surface area is 146 Å². The molecule has 1 heterocycles. The van der Waals surface area contributed by atoms with E-state index in [-0.39, 0.29) is 18.0 Å². The molecule has 0 bridgehead atoms. The highest BCUT2D eigenvalue weighted by molar-refractivity contribution is 5.96. The number of rotatable bonds is 4. The number of carbonyl (C=O) groups is 2. The quantitative estimate of drug-likeness (QED) is 0.686. The molecule has 0 saturated heterocycles. The largest absolute Gasteiger partial charge is 0.352 e. The van der Waals surface area contributed by atoms with Gasteiger partial charge in [0, 0.05) is 36.0 Å². The highest BCUT2D eigenvalue weighted by Crippen LogP contribution is 2.20. The van der Waals surface area contributed by atoms with E-state index in [9.17, 15) is 9.59 Å². The minimum atomic E-state index is -0.234. The summed E-state index contributed by atoms with van der Waals surface area (Å²) in [5.74, 6) is -0.112. The third-order valence-electron chi connectivity index (χ3n) is 4.43. The standard InChI is InChI=1S/C18H23N5O2/c1-3-19-17(24)12-5-7-15(11(2)8-12)22-18(25)21-14-6-4-13-10-20-23-16(13)9-14/h5,7-8,10,14H,3-4,6,9H2,1-2H3,(H,19,24)(H,20,23)(H2,21,22,25)/t14-/m1/s1. The topological polar surface area (TPSA) is 98.9 Å². The molecule has 1 aromatic carbocycles. The van der Waals surface area contributed by atoms with Gasteiger partial charge >= 0.3 is 6.03 Å². The Morgan fingerprint density at radius 2 is 2.20 bits per heavy atom. The summed E-state index contributed by atoms with van der Waals surface area (Å²) in [6, 6.07) is 5.10. The molecule has 4 N–H and O–H groups in total.